The van der Waals surface area contributed by atoms with E-state index in [4.69, 9.17) is 42.0 Å². The van der Waals surface area contributed by atoms with Crippen LogP contribution in [0.5, 0.6) is 0 Å². The Morgan fingerprint density at radius 3 is 1.22 bits per heavy atom. The maximum Gasteiger partial charge on any atom is 0.220 e. The maximum atomic E-state index is 6.62. The topological polar surface area (TPSA) is 58.5 Å². The smallest absolute Gasteiger partial charge is 0.220 e. The Morgan fingerprint density at radius 1 is 0.520 bits per heavy atom. The molecule has 6 aromatic rings. The lowest BCUT2D eigenvalue weighted by Crippen LogP contribution is -2.21. The van der Waals surface area contributed by atoms with Crippen molar-refractivity contribution < 1.29 is 8.83 Å². The van der Waals surface area contributed by atoms with Crippen LogP contribution in [0.25, 0.3) is 57.3 Å². The van der Waals surface area contributed by atoms with Crippen molar-refractivity contribution in [2.75, 3.05) is 36.0 Å². The fourth-order valence-corrected chi connectivity index (χ4v) is 6.42. The third-order valence-electron chi connectivity index (χ3n) is 8.65. The molecule has 0 N–H and O–H groups in total. The van der Waals surface area contributed by atoms with E-state index in [0.717, 1.165) is 71.2 Å². The second kappa shape index (κ2) is 16.1. The van der Waals surface area contributed by atoms with Gasteiger partial charge in [0.05, 0.1) is 10.0 Å². The van der Waals surface area contributed by atoms with E-state index in [1.807, 2.05) is 72.8 Å². The standard InChI is InChI=1S/C42H40Cl2N4O2/c1-5-47(6-2)31-25-21-29(22-26-31)39-41(33-15-9-11-17-35(33)43)49-37(45-39)19-13-14-20-38-46-40(42(50-38)34-16-10-12-18-36(34)44)30-23-27-32(28-24-30)48(7-3)8-4/h9-28H,5-8H2,1-4H3. The number of aromatic nitrogens is 2. The van der Waals surface area contributed by atoms with Gasteiger partial charge in [0.2, 0.25) is 11.8 Å². The molecular formula is C42H40Cl2N4O2. The molecule has 0 aliphatic carbocycles. The highest BCUT2D eigenvalue weighted by atomic mass is 35.5. The number of benzene rings is 4. The average Bonchev–Trinajstić information content (AvgIpc) is 3.77. The molecule has 0 bridgehead atoms. The molecule has 2 aromatic heterocycles. The highest BCUT2D eigenvalue weighted by Crippen LogP contribution is 2.39. The average molecular weight is 704 g/mol. The van der Waals surface area contributed by atoms with Crippen molar-refractivity contribution in [3.63, 3.8) is 0 Å². The molecule has 0 aliphatic heterocycles. The number of allylic oxidation sites excluding steroid dienone is 2. The summed E-state index contributed by atoms with van der Waals surface area (Å²) >= 11 is 13.2. The van der Waals surface area contributed by atoms with Crippen LogP contribution in [0.4, 0.5) is 11.4 Å². The molecule has 0 saturated heterocycles. The summed E-state index contributed by atoms with van der Waals surface area (Å²) in [6.45, 7) is 12.4. The van der Waals surface area contributed by atoms with Gasteiger partial charge in [0.15, 0.2) is 11.5 Å². The van der Waals surface area contributed by atoms with Gasteiger partial charge in [-0.3, -0.25) is 0 Å². The molecule has 0 spiro atoms. The third kappa shape index (κ3) is 7.57. The summed E-state index contributed by atoms with van der Waals surface area (Å²) in [6, 6.07) is 32.1. The molecule has 0 unspecified atom stereocenters. The Bertz CT molecular complexity index is 1940. The van der Waals surface area contributed by atoms with Crippen LogP contribution in [0, 0.1) is 0 Å². The van der Waals surface area contributed by atoms with Crippen molar-refractivity contribution in [1.29, 1.82) is 0 Å². The first-order valence-electron chi connectivity index (χ1n) is 17.0. The van der Waals surface area contributed by atoms with Gasteiger partial charge in [0.25, 0.3) is 0 Å². The van der Waals surface area contributed by atoms with Gasteiger partial charge < -0.3 is 18.6 Å². The number of nitrogens with zero attached hydrogens (tertiary/aromatic N) is 4. The minimum absolute atomic E-state index is 0.450. The highest BCUT2D eigenvalue weighted by Gasteiger charge is 2.20. The van der Waals surface area contributed by atoms with E-state index >= 15 is 0 Å². The van der Waals surface area contributed by atoms with E-state index in [-0.39, 0.29) is 0 Å². The molecule has 0 radical (unpaired) electrons. The van der Waals surface area contributed by atoms with Crippen molar-refractivity contribution in [2.24, 2.45) is 0 Å². The van der Waals surface area contributed by atoms with Gasteiger partial charge >= 0.3 is 0 Å². The summed E-state index contributed by atoms with van der Waals surface area (Å²) in [5.41, 5.74) is 7.22. The first-order valence-corrected chi connectivity index (χ1v) is 17.8. The predicted molar refractivity (Wildman–Crippen MR) is 210 cm³/mol. The quantitative estimate of drug-likeness (QED) is 0.112. The molecule has 6 rings (SSSR count). The van der Waals surface area contributed by atoms with Crippen LogP contribution in [0.3, 0.4) is 0 Å². The fourth-order valence-electron chi connectivity index (χ4n) is 5.98. The van der Waals surface area contributed by atoms with Gasteiger partial charge in [-0.25, -0.2) is 9.97 Å². The van der Waals surface area contributed by atoms with E-state index in [1.54, 1.807) is 0 Å². The lowest BCUT2D eigenvalue weighted by atomic mass is 10.1. The molecule has 0 amide bonds. The number of hydrogen-bond acceptors (Lipinski definition) is 6. The molecule has 0 fully saturated rings. The zero-order chi connectivity index (χ0) is 35.0. The zero-order valence-electron chi connectivity index (χ0n) is 28.7. The van der Waals surface area contributed by atoms with Gasteiger partial charge in [0, 0.05) is 72.0 Å². The molecule has 0 saturated carbocycles. The van der Waals surface area contributed by atoms with Crippen LogP contribution in [0.15, 0.2) is 118 Å². The molecule has 4 aromatic carbocycles. The summed E-state index contributed by atoms with van der Waals surface area (Å²) in [5.74, 6) is 2.13. The molecule has 6 nitrogen and oxygen atoms in total. The normalized spacial score (nSPS) is 11.6. The van der Waals surface area contributed by atoms with Gasteiger partial charge in [-0.15, -0.1) is 0 Å². The number of hydrogen-bond donors (Lipinski definition) is 0. The molecular weight excluding hydrogens is 663 g/mol. The molecule has 50 heavy (non-hydrogen) atoms. The van der Waals surface area contributed by atoms with E-state index in [0.29, 0.717) is 33.3 Å². The Hall–Kier alpha value is -5.04. The Balaban J connectivity index is 1.31. The number of anilines is 2. The SMILES string of the molecule is CCN(CC)c1ccc(-c2nc(C=CC=Cc3nc(-c4ccc(N(CC)CC)cc4)c(-c4ccccc4Cl)o3)oc2-c2ccccc2Cl)cc1. The molecule has 0 atom stereocenters. The van der Waals surface area contributed by atoms with Crippen molar-refractivity contribution in [3.8, 4) is 45.2 Å². The lowest BCUT2D eigenvalue weighted by molar-refractivity contribution is 0.559. The van der Waals surface area contributed by atoms with Crippen LogP contribution < -0.4 is 9.80 Å². The molecule has 8 heteroatoms. The molecule has 0 aliphatic rings. The Kier molecular flexibility index (Phi) is 11.2. The van der Waals surface area contributed by atoms with E-state index < -0.39 is 0 Å². The van der Waals surface area contributed by atoms with Crippen molar-refractivity contribution >= 4 is 46.7 Å². The highest BCUT2D eigenvalue weighted by molar-refractivity contribution is 6.33. The fraction of sp³-hybridized carbons (Fsp3) is 0.190. The minimum atomic E-state index is 0.450. The lowest BCUT2D eigenvalue weighted by Gasteiger charge is -2.21. The Morgan fingerprint density at radius 2 is 0.880 bits per heavy atom. The summed E-state index contributed by atoms with van der Waals surface area (Å²) in [6.07, 6.45) is 7.34. The van der Waals surface area contributed by atoms with Gasteiger partial charge in [-0.1, -0.05) is 83.9 Å². The van der Waals surface area contributed by atoms with Crippen molar-refractivity contribution in [2.45, 2.75) is 27.7 Å². The summed E-state index contributed by atoms with van der Waals surface area (Å²) in [4.78, 5) is 14.4. The largest absolute Gasteiger partial charge is 0.436 e. The minimum Gasteiger partial charge on any atom is -0.436 e. The molecule has 254 valence electrons. The summed E-state index contributed by atoms with van der Waals surface area (Å²) in [5, 5.41) is 1.19. The van der Waals surface area contributed by atoms with Crippen LogP contribution >= 0.6 is 23.2 Å². The summed E-state index contributed by atoms with van der Waals surface area (Å²) in [7, 11) is 0. The van der Waals surface area contributed by atoms with Crippen LogP contribution in [0.2, 0.25) is 10.0 Å². The van der Waals surface area contributed by atoms with Crippen molar-refractivity contribution in [1.82, 2.24) is 9.97 Å². The van der Waals surface area contributed by atoms with Gasteiger partial charge in [0.1, 0.15) is 11.4 Å². The number of rotatable bonds is 13. The summed E-state index contributed by atoms with van der Waals surface area (Å²) < 4.78 is 12.6. The first-order chi connectivity index (χ1) is 24.4. The first kappa shape index (κ1) is 34.8. The van der Waals surface area contributed by atoms with Gasteiger partial charge in [-0.05, 0) is 76.2 Å². The maximum absolute atomic E-state index is 6.62. The Labute approximate surface area is 304 Å². The molecule has 2 heterocycles. The zero-order valence-corrected chi connectivity index (χ0v) is 30.2. The van der Waals surface area contributed by atoms with Crippen molar-refractivity contribution in [3.05, 3.63) is 131 Å². The predicted octanol–water partition coefficient (Wildman–Crippen LogP) is 12.1. The second-order valence-corrected chi connectivity index (χ2v) is 12.4. The third-order valence-corrected chi connectivity index (χ3v) is 9.31. The van der Waals surface area contributed by atoms with E-state index in [2.05, 4.69) is 86.0 Å². The van der Waals surface area contributed by atoms with Crippen LogP contribution in [-0.2, 0) is 0 Å². The van der Waals surface area contributed by atoms with Gasteiger partial charge in [-0.2, -0.15) is 0 Å². The number of oxazole rings is 2. The van der Waals surface area contributed by atoms with Crippen LogP contribution in [0.1, 0.15) is 39.5 Å². The second-order valence-electron chi connectivity index (χ2n) is 11.6. The van der Waals surface area contributed by atoms with Crippen LogP contribution in [-0.4, -0.2) is 36.1 Å². The number of halogens is 2. The monoisotopic (exact) mass is 702 g/mol. The van der Waals surface area contributed by atoms with E-state index in [1.165, 1.54) is 0 Å². The van der Waals surface area contributed by atoms with E-state index in [9.17, 15) is 0 Å².